The molecule has 0 bridgehead atoms. The van der Waals surface area contributed by atoms with Gasteiger partial charge >= 0.3 is 7.60 Å². The van der Waals surface area contributed by atoms with Crippen LogP contribution in [0.15, 0.2) is 30.5 Å². The van der Waals surface area contributed by atoms with E-state index in [-0.39, 0.29) is 5.30 Å². The van der Waals surface area contributed by atoms with E-state index in [1.165, 1.54) is 12.3 Å². The molecule has 10 heteroatoms. The van der Waals surface area contributed by atoms with Crippen molar-refractivity contribution in [3.8, 4) is 5.88 Å². The highest BCUT2D eigenvalue weighted by atomic mass is 31.2. The fourth-order valence-corrected chi connectivity index (χ4v) is 3.63. The fourth-order valence-electron chi connectivity index (χ4n) is 3.15. The summed E-state index contributed by atoms with van der Waals surface area (Å²) in [4.78, 5) is 36.3. The van der Waals surface area contributed by atoms with Crippen LogP contribution in [0.25, 0.3) is 22.1 Å². The number of rotatable bonds is 4. The van der Waals surface area contributed by atoms with Gasteiger partial charge in [-0.3, -0.25) is 9.55 Å². The maximum absolute atomic E-state index is 11.3. The van der Waals surface area contributed by atoms with Gasteiger partial charge in [-0.05, 0) is 32.0 Å². The summed E-state index contributed by atoms with van der Waals surface area (Å²) in [7, 11) is -2.76. The minimum Gasteiger partial charge on any atom is -0.481 e. The van der Waals surface area contributed by atoms with Crippen molar-refractivity contribution in [2.45, 2.75) is 20.4 Å². The molecule has 0 spiro atoms. The third kappa shape index (κ3) is 3.13. The molecule has 28 heavy (non-hydrogen) atoms. The van der Waals surface area contributed by atoms with Crippen LogP contribution in [0.4, 0.5) is 0 Å². The molecule has 4 aromatic rings. The van der Waals surface area contributed by atoms with Crippen LogP contribution in [0.5, 0.6) is 5.88 Å². The smallest absolute Gasteiger partial charge is 0.357 e. The maximum Gasteiger partial charge on any atom is 0.357 e. The van der Waals surface area contributed by atoms with E-state index in [0.29, 0.717) is 23.8 Å². The Morgan fingerprint density at radius 3 is 2.54 bits per heavy atom. The zero-order valence-corrected chi connectivity index (χ0v) is 16.4. The van der Waals surface area contributed by atoms with Crippen LogP contribution in [0, 0.1) is 13.8 Å². The summed E-state index contributed by atoms with van der Waals surface area (Å²) in [6.45, 7) is 4.17. The zero-order valence-electron chi connectivity index (χ0n) is 15.5. The second-order valence-electron chi connectivity index (χ2n) is 6.42. The number of methoxy groups -OCH3 is 1. The van der Waals surface area contributed by atoms with Crippen molar-refractivity contribution in [3.05, 3.63) is 47.7 Å². The molecule has 0 fully saturated rings. The van der Waals surface area contributed by atoms with E-state index in [0.717, 1.165) is 27.9 Å². The Hall–Kier alpha value is -2.87. The number of fused-ring (bicyclic) bond motifs is 3. The first kappa shape index (κ1) is 18.5. The molecular formula is C18H18N5O4P. The number of aryl methyl sites for hydroxylation is 2. The van der Waals surface area contributed by atoms with Crippen molar-refractivity contribution in [1.29, 1.82) is 0 Å². The lowest BCUT2D eigenvalue weighted by atomic mass is 10.2. The van der Waals surface area contributed by atoms with Gasteiger partial charge in [0.2, 0.25) is 5.88 Å². The molecule has 0 amide bonds. The molecule has 0 aromatic carbocycles. The van der Waals surface area contributed by atoms with Crippen LogP contribution in [-0.4, -0.2) is 41.4 Å². The SMILES string of the molecule is COc1ccc2c(n1)nc(C)c1nc(C)n(Cc3ccc(P(=O)(O)O)cn3)c12. The molecule has 4 aromatic heterocycles. The number of aromatic nitrogens is 5. The van der Waals surface area contributed by atoms with Crippen molar-refractivity contribution in [1.82, 2.24) is 24.5 Å². The van der Waals surface area contributed by atoms with Crippen LogP contribution in [0.2, 0.25) is 0 Å². The Bertz CT molecular complexity index is 1250. The first-order chi connectivity index (χ1) is 13.3. The van der Waals surface area contributed by atoms with E-state index in [1.54, 1.807) is 19.2 Å². The van der Waals surface area contributed by atoms with Crippen LogP contribution in [-0.2, 0) is 11.1 Å². The highest BCUT2D eigenvalue weighted by Gasteiger charge is 2.19. The van der Waals surface area contributed by atoms with Crippen molar-refractivity contribution in [2.24, 2.45) is 0 Å². The number of ether oxygens (including phenoxy) is 1. The lowest BCUT2D eigenvalue weighted by Gasteiger charge is -2.10. The van der Waals surface area contributed by atoms with E-state index >= 15 is 0 Å². The monoisotopic (exact) mass is 399 g/mol. The molecular weight excluding hydrogens is 381 g/mol. The Kier molecular flexibility index (Phi) is 4.38. The molecule has 0 saturated carbocycles. The van der Waals surface area contributed by atoms with E-state index in [9.17, 15) is 14.4 Å². The van der Waals surface area contributed by atoms with Crippen LogP contribution in [0.1, 0.15) is 17.2 Å². The summed E-state index contributed by atoms with van der Waals surface area (Å²) < 4.78 is 18.5. The van der Waals surface area contributed by atoms with Gasteiger partial charge in [0.15, 0.2) is 5.65 Å². The summed E-state index contributed by atoms with van der Waals surface area (Å²) in [6.07, 6.45) is 1.21. The van der Waals surface area contributed by atoms with Gasteiger partial charge in [-0.25, -0.2) is 9.97 Å². The predicted molar refractivity (Wildman–Crippen MR) is 104 cm³/mol. The molecule has 0 radical (unpaired) electrons. The number of hydrogen-bond acceptors (Lipinski definition) is 6. The lowest BCUT2D eigenvalue weighted by molar-refractivity contribution is 0.387. The summed E-state index contributed by atoms with van der Waals surface area (Å²) >= 11 is 0. The van der Waals surface area contributed by atoms with Crippen molar-refractivity contribution in [2.75, 3.05) is 7.11 Å². The quantitative estimate of drug-likeness (QED) is 0.499. The van der Waals surface area contributed by atoms with E-state index < -0.39 is 7.60 Å². The third-order valence-electron chi connectivity index (χ3n) is 4.55. The topological polar surface area (TPSA) is 123 Å². The lowest BCUT2D eigenvalue weighted by Crippen LogP contribution is -2.09. The number of nitrogens with zero attached hydrogens (tertiary/aromatic N) is 5. The molecule has 9 nitrogen and oxygen atoms in total. The number of imidazole rings is 1. The predicted octanol–water partition coefficient (Wildman–Crippen LogP) is 1.85. The largest absolute Gasteiger partial charge is 0.481 e. The standard InChI is InChI=1S/C18H18N5O4P/c1-10-16-17(14-6-7-15(27-3)22-18(14)20-10)23(11(2)21-16)9-12-4-5-13(8-19-12)28(24,25)26/h4-8H,9H2,1-3H3,(H2,24,25,26). The van der Waals surface area contributed by atoms with Gasteiger partial charge in [0, 0.05) is 17.6 Å². The Morgan fingerprint density at radius 2 is 1.89 bits per heavy atom. The second kappa shape index (κ2) is 6.63. The number of hydrogen-bond donors (Lipinski definition) is 2. The van der Waals surface area contributed by atoms with Gasteiger partial charge < -0.3 is 19.1 Å². The van der Waals surface area contributed by atoms with Gasteiger partial charge in [-0.15, -0.1) is 0 Å². The third-order valence-corrected chi connectivity index (χ3v) is 5.49. The summed E-state index contributed by atoms with van der Waals surface area (Å²) in [5, 5.41) is 0.735. The summed E-state index contributed by atoms with van der Waals surface area (Å²) in [5.41, 5.74) is 3.65. The second-order valence-corrected chi connectivity index (χ2v) is 8.02. The molecule has 0 aliphatic carbocycles. The van der Waals surface area contributed by atoms with Crippen LogP contribution >= 0.6 is 7.60 Å². The van der Waals surface area contributed by atoms with Gasteiger partial charge in [0.05, 0.1) is 35.9 Å². The molecule has 144 valence electrons. The van der Waals surface area contributed by atoms with Crippen LogP contribution in [0.3, 0.4) is 0 Å². The molecule has 0 unspecified atom stereocenters. The molecule has 4 heterocycles. The van der Waals surface area contributed by atoms with Gasteiger partial charge in [0.25, 0.3) is 0 Å². The van der Waals surface area contributed by atoms with E-state index in [4.69, 9.17) is 4.74 Å². The van der Waals surface area contributed by atoms with Gasteiger partial charge in [0.1, 0.15) is 11.3 Å². The van der Waals surface area contributed by atoms with Crippen molar-refractivity contribution < 1.29 is 19.1 Å². The van der Waals surface area contributed by atoms with Gasteiger partial charge in [-0.1, -0.05) is 0 Å². The first-order valence-electron chi connectivity index (χ1n) is 8.47. The Morgan fingerprint density at radius 1 is 1.11 bits per heavy atom. The average Bonchev–Trinajstić information content (AvgIpc) is 2.98. The molecule has 0 saturated heterocycles. The first-order valence-corrected chi connectivity index (χ1v) is 10.1. The van der Waals surface area contributed by atoms with E-state index in [1.807, 2.05) is 24.5 Å². The normalized spacial score (nSPS) is 12.0. The Labute approximate surface area is 160 Å². The summed E-state index contributed by atoms with van der Waals surface area (Å²) in [5.74, 6) is 1.26. The van der Waals surface area contributed by atoms with Crippen molar-refractivity contribution in [3.63, 3.8) is 0 Å². The fraction of sp³-hybridized carbons (Fsp3) is 0.222. The minimum absolute atomic E-state index is 0.106. The molecule has 0 aliphatic rings. The molecule has 4 rings (SSSR count). The Balaban J connectivity index is 1.87. The molecule has 0 atom stereocenters. The molecule has 0 aliphatic heterocycles. The minimum atomic E-state index is -4.31. The number of pyridine rings is 3. The highest BCUT2D eigenvalue weighted by Crippen LogP contribution is 2.32. The van der Waals surface area contributed by atoms with Crippen molar-refractivity contribution >= 4 is 35.0 Å². The highest BCUT2D eigenvalue weighted by molar-refractivity contribution is 7.60. The van der Waals surface area contributed by atoms with E-state index in [2.05, 4.69) is 19.9 Å². The van der Waals surface area contributed by atoms with Crippen LogP contribution < -0.4 is 10.0 Å². The molecule has 2 N–H and O–H groups in total. The average molecular weight is 399 g/mol. The van der Waals surface area contributed by atoms with Gasteiger partial charge in [-0.2, -0.15) is 4.98 Å². The zero-order chi connectivity index (χ0) is 20.1. The maximum atomic E-state index is 11.3. The summed E-state index contributed by atoms with van der Waals surface area (Å²) in [6, 6.07) is 6.68.